The Balaban J connectivity index is 1.65. The topological polar surface area (TPSA) is 215 Å². The minimum atomic E-state index is -4.62. The van der Waals surface area contributed by atoms with Crippen molar-refractivity contribution in [2.24, 2.45) is 0 Å². The first-order valence-electron chi connectivity index (χ1n) is 10.7. The summed E-state index contributed by atoms with van der Waals surface area (Å²) in [5.74, 6) is -4.69. The molecule has 37 heavy (non-hydrogen) atoms. The molecule has 2 unspecified atom stereocenters. The average molecular weight is 536 g/mol. The van der Waals surface area contributed by atoms with Crippen LogP contribution in [0.2, 0.25) is 0 Å². The predicted molar refractivity (Wildman–Crippen MR) is 122 cm³/mol. The van der Waals surface area contributed by atoms with Gasteiger partial charge < -0.3 is 30.3 Å². The molecule has 0 saturated carbocycles. The fourth-order valence-electron chi connectivity index (χ4n) is 3.72. The third kappa shape index (κ3) is 4.74. The van der Waals surface area contributed by atoms with Gasteiger partial charge in [0.2, 0.25) is 5.60 Å². The number of nitrogen functional groups attached to an aromatic ring is 1. The highest BCUT2D eigenvalue weighted by molar-refractivity contribution is 7.52. The van der Waals surface area contributed by atoms with Crippen molar-refractivity contribution in [1.82, 2.24) is 19.7 Å². The molecule has 3 aromatic rings. The van der Waals surface area contributed by atoms with Gasteiger partial charge in [-0.3, -0.25) is 9.32 Å². The van der Waals surface area contributed by atoms with Crippen LogP contribution in [0.4, 0.5) is 10.2 Å². The zero-order chi connectivity index (χ0) is 27.0. The van der Waals surface area contributed by atoms with Gasteiger partial charge in [0.05, 0.1) is 5.69 Å². The van der Waals surface area contributed by atoms with E-state index in [-0.39, 0.29) is 22.8 Å². The summed E-state index contributed by atoms with van der Waals surface area (Å²) in [5.41, 5.74) is 3.33. The Morgan fingerprint density at radius 3 is 2.70 bits per heavy atom. The number of carbonyl (C=O) groups is 1. The second-order valence-corrected chi connectivity index (χ2v) is 9.84. The number of para-hydroxylation sites is 1. The number of alkyl halides is 1. The molecule has 4 rings (SSSR count). The summed E-state index contributed by atoms with van der Waals surface area (Å²) in [6.45, 7) is -0.187. The third-order valence-corrected chi connectivity index (χ3v) is 7.26. The molecule has 196 valence electrons. The number of aliphatic carboxylic acids is 1. The number of nitriles is 1. The Morgan fingerprint density at radius 2 is 2.05 bits per heavy atom. The van der Waals surface area contributed by atoms with Crippen molar-refractivity contribution >= 4 is 25.1 Å². The monoisotopic (exact) mass is 536 g/mol. The van der Waals surface area contributed by atoms with E-state index in [0.717, 1.165) is 17.8 Å². The highest BCUT2D eigenvalue weighted by Crippen LogP contribution is 2.50. The first kappa shape index (κ1) is 26.4. The van der Waals surface area contributed by atoms with E-state index < -0.39 is 50.0 Å². The van der Waals surface area contributed by atoms with Gasteiger partial charge in [-0.1, -0.05) is 18.2 Å². The molecule has 0 bridgehead atoms. The highest BCUT2D eigenvalue weighted by atomic mass is 31.2. The molecule has 1 saturated heterocycles. The van der Waals surface area contributed by atoms with Crippen LogP contribution in [0.25, 0.3) is 5.52 Å². The number of hydrogen-bond donors (Lipinski definition) is 5. The van der Waals surface area contributed by atoms with Crippen LogP contribution in [-0.2, 0) is 24.2 Å². The van der Waals surface area contributed by atoms with Crippen molar-refractivity contribution in [3.63, 3.8) is 0 Å². The molecule has 0 amide bonds. The molecule has 0 aliphatic carbocycles. The first-order valence-corrected chi connectivity index (χ1v) is 12.2. The Morgan fingerprint density at radius 1 is 1.35 bits per heavy atom. The lowest BCUT2D eigenvalue weighted by Crippen LogP contribution is -2.44. The van der Waals surface area contributed by atoms with Crippen LogP contribution in [0.15, 0.2) is 48.8 Å². The van der Waals surface area contributed by atoms with Crippen LogP contribution < -0.4 is 15.3 Å². The van der Waals surface area contributed by atoms with Crippen LogP contribution in [0.1, 0.15) is 12.6 Å². The van der Waals surface area contributed by atoms with Gasteiger partial charge in [0.1, 0.15) is 48.5 Å². The Hall–Kier alpha value is -3.64. The Kier molecular flexibility index (Phi) is 6.91. The smallest absolute Gasteiger partial charge is 0.459 e. The van der Waals surface area contributed by atoms with Gasteiger partial charge in [-0.15, -0.1) is 0 Å². The van der Waals surface area contributed by atoms with E-state index in [9.17, 15) is 29.9 Å². The lowest BCUT2D eigenvalue weighted by molar-refractivity contribution is -0.208. The quantitative estimate of drug-likeness (QED) is 0.239. The van der Waals surface area contributed by atoms with Crippen molar-refractivity contribution in [3.05, 3.63) is 54.5 Å². The highest BCUT2D eigenvalue weighted by Gasteiger charge is 2.66. The lowest BCUT2D eigenvalue weighted by atomic mass is 9.92. The van der Waals surface area contributed by atoms with Gasteiger partial charge >= 0.3 is 13.7 Å². The Labute approximate surface area is 208 Å². The number of carboxylic acids is 1. The van der Waals surface area contributed by atoms with Gasteiger partial charge in [0.25, 0.3) is 5.85 Å². The number of rotatable bonds is 9. The molecular weight excluding hydrogens is 514 g/mol. The largest absolute Gasteiger partial charge is 0.480 e. The van der Waals surface area contributed by atoms with Gasteiger partial charge in [0.15, 0.2) is 5.82 Å². The number of fused-ring (bicyclic) bond motifs is 1. The summed E-state index contributed by atoms with van der Waals surface area (Å²) in [6.07, 6.45) is -3.48. The standard InChI is InChI=1S/C21H22FN6O8P/c1-12(19(31)32)27-37(33,35-13-5-3-2-4-6-13)34-10-21(22)17(30)16(29)20(9-23,36-21)15-8-7-14-18(24)25-11-26-28(14)15/h2-8,11-12,16-17,29-30H,10H2,1H3,(H,27,33)(H,31,32)(H2,24,25,26)/t12?,16-,17+,20+,21-,37?/m1/s1. The van der Waals surface area contributed by atoms with Crippen molar-refractivity contribution in [1.29, 1.82) is 5.26 Å². The molecule has 6 atom stereocenters. The third-order valence-electron chi connectivity index (χ3n) is 5.64. The van der Waals surface area contributed by atoms with Gasteiger partial charge in [-0.2, -0.15) is 15.4 Å². The molecule has 1 aromatic carbocycles. The number of ether oxygens (including phenoxy) is 1. The summed E-state index contributed by atoms with van der Waals surface area (Å²) < 4.78 is 46.2. The summed E-state index contributed by atoms with van der Waals surface area (Å²) >= 11 is 0. The number of nitrogens with zero attached hydrogens (tertiary/aromatic N) is 4. The number of hydrogen-bond acceptors (Lipinski definition) is 11. The van der Waals surface area contributed by atoms with E-state index in [2.05, 4.69) is 15.2 Å². The van der Waals surface area contributed by atoms with Crippen molar-refractivity contribution < 1.29 is 42.9 Å². The van der Waals surface area contributed by atoms with Crippen LogP contribution in [0.3, 0.4) is 0 Å². The van der Waals surface area contributed by atoms with Crippen LogP contribution in [0, 0.1) is 11.3 Å². The van der Waals surface area contributed by atoms with E-state index in [4.69, 9.17) is 19.5 Å². The molecule has 14 nitrogen and oxygen atoms in total. The SMILES string of the molecule is CC(NP(=O)(OC[C@@]1(F)O[C@@](C#N)(c2ccc3c(N)ncnn23)[C@H](O)[C@@H]1O)Oc1ccccc1)C(=O)O. The lowest BCUT2D eigenvalue weighted by Gasteiger charge is -2.28. The number of nitrogens with two attached hydrogens (primary N) is 1. The number of anilines is 1. The normalized spacial score (nSPS) is 27.9. The van der Waals surface area contributed by atoms with Crippen molar-refractivity contribution in [3.8, 4) is 11.8 Å². The van der Waals surface area contributed by atoms with E-state index in [1.54, 1.807) is 12.1 Å². The molecular formula is C21H22FN6O8P. The van der Waals surface area contributed by atoms with Gasteiger partial charge in [-0.05, 0) is 31.2 Å². The molecule has 2 aromatic heterocycles. The maximum absolute atomic E-state index is 16.0. The number of aromatic nitrogens is 3. The molecule has 6 N–H and O–H groups in total. The first-order chi connectivity index (χ1) is 17.4. The summed E-state index contributed by atoms with van der Waals surface area (Å²) in [4.78, 5) is 15.1. The molecule has 0 spiro atoms. The van der Waals surface area contributed by atoms with Crippen molar-refractivity contribution in [2.75, 3.05) is 12.3 Å². The summed E-state index contributed by atoms with van der Waals surface area (Å²) in [7, 11) is -4.62. The second-order valence-electron chi connectivity index (χ2n) is 8.15. The zero-order valence-electron chi connectivity index (χ0n) is 19.1. The molecule has 0 radical (unpaired) electrons. The number of aliphatic hydroxyl groups is 2. The van der Waals surface area contributed by atoms with Gasteiger partial charge in [-0.25, -0.2) is 18.5 Å². The van der Waals surface area contributed by atoms with Crippen LogP contribution in [-0.4, -0.2) is 66.6 Å². The van der Waals surface area contributed by atoms with E-state index in [1.807, 2.05) is 0 Å². The molecule has 1 fully saturated rings. The molecule has 1 aliphatic rings. The van der Waals surface area contributed by atoms with Crippen LogP contribution in [0.5, 0.6) is 5.75 Å². The second kappa shape index (κ2) is 9.67. The minimum absolute atomic E-state index is 0.0000495. The fraction of sp³-hybridized carbons (Fsp3) is 0.333. The van der Waals surface area contributed by atoms with Crippen LogP contribution >= 0.6 is 7.75 Å². The maximum atomic E-state index is 16.0. The molecule has 16 heteroatoms. The Bertz CT molecular complexity index is 1400. The van der Waals surface area contributed by atoms with E-state index in [0.29, 0.717) is 0 Å². The van der Waals surface area contributed by atoms with Gasteiger partial charge in [0, 0.05) is 0 Å². The zero-order valence-corrected chi connectivity index (χ0v) is 20.0. The van der Waals surface area contributed by atoms with E-state index >= 15 is 4.39 Å². The summed E-state index contributed by atoms with van der Waals surface area (Å²) in [6, 6.07) is 10.4. The maximum Gasteiger partial charge on any atom is 0.459 e. The minimum Gasteiger partial charge on any atom is -0.480 e. The number of aliphatic hydroxyl groups excluding tert-OH is 2. The van der Waals surface area contributed by atoms with Crippen molar-refractivity contribution in [2.45, 2.75) is 36.6 Å². The molecule has 3 heterocycles. The predicted octanol–water partition coefficient (Wildman–Crippen LogP) is 0.715. The average Bonchev–Trinajstić information content (AvgIpc) is 3.39. The number of halogens is 1. The number of nitrogens with one attached hydrogen (secondary N) is 1. The number of carboxylic acid groups (broad SMARTS) is 1. The fourth-order valence-corrected chi connectivity index (χ4v) is 5.23. The molecule has 1 aliphatic heterocycles. The summed E-state index contributed by atoms with van der Waals surface area (Å²) in [5, 5.41) is 46.6. The number of benzene rings is 1. The van der Waals surface area contributed by atoms with E-state index in [1.165, 1.54) is 36.4 Å².